The van der Waals surface area contributed by atoms with Gasteiger partial charge in [-0.3, -0.25) is 0 Å². The highest BCUT2D eigenvalue weighted by molar-refractivity contribution is 5.05. The van der Waals surface area contributed by atoms with Gasteiger partial charge in [-0.15, -0.1) is 0 Å². The quantitative estimate of drug-likeness (QED) is 0.715. The van der Waals surface area contributed by atoms with Crippen LogP contribution in [0.3, 0.4) is 0 Å². The minimum absolute atomic E-state index is 0.234. The van der Waals surface area contributed by atoms with Gasteiger partial charge in [0.25, 0.3) is 0 Å². The maximum Gasteiger partial charge on any atom is 0.106 e. The zero-order valence-corrected chi connectivity index (χ0v) is 7.67. The Hall–Kier alpha value is -0.830. The van der Waals surface area contributed by atoms with Crippen molar-refractivity contribution in [2.45, 2.75) is 32.6 Å². The van der Waals surface area contributed by atoms with Crippen LogP contribution in [0.2, 0.25) is 0 Å². The average molecular weight is 168 g/mol. The zero-order valence-electron chi connectivity index (χ0n) is 7.67. The first-order valence-electron chi connectivity index (χ1n) is 4.38. The van der Waals surface area contributed by atoms with Gasteiger partial charge in [-0.1, -0.05) is 13.8 Å². The molecule has 3 heteroatoms. The summed E-state index contributed by atoms with van der Waals surface area (Å²) in [5.41, 5.74) is 1.17. The van der Waals surface area contributed by atoms with Crippen LogP contribution < -0.4 is 0 Å². The topological polar surface area (TPSA) is 48.9 Å². The number of H-pyrrole nitrogens is 1. The van der Waals surface area contributed by atoms with Crippen LogP contribution >= 0.6 is 0 Å². The highest BCUT2D eigenvalue weighted by atomic mass is 16.2. The van der Waals surface area contributed by atoms with Crippen LogP contribution in [-0.4, -0.2) is 21.7 Å². The Labute approximate surface area is 72.8 Å². The molecular formula is C9H16N2O. The molecule has 12 heavy (non-hydrogen) atoms. The number of aryl methyl sites for hydroxylation is 1. The van der Waals surface area contributed by atoms with Gasteiger partial charge in [-0.2, -0.15) is 0 Å². The van der Waals surface area contributed by atoms with Crippen molar-refractivity contribution in [1.29, 1.82) is 0 Å². The number of hydrogen-bond acceptors (Lipinski definition) is 2. The molecule has 0 unspecified atom stereocenters. The molecule has 1 aromatic heterocycles. The Bertz CT molecular complexity index is 230. The molecule has 0 saturated heterocycles. The van der Waals surface area contributed by atoms with E-state index >= 15 is 0 Å². The summed E-state index contributed by atoms with van der Waals surface area (Å²) in [6.07, 6.45) is 3.49. The Balaban J connectivity index is 2.52. The molecule has 2 N–H and O–H groups in total. The lowest BCUT2D eigenvalue weighted by atomic mass is 10.2. The summed E-state index contributed by atoms with van der Waals surface area (Å²) in [5, 5.41) is 8.60. The third kappa shape index (κ3) is 2.34. The number of aliphatic hydroxyl groups excluding tert-OH is 1. The van der Waals surface area contributed by atoms with Gasteiger partial charge in [0.15, 0.2) is 0 Å². The number of imidazole rings is 1. The number of rotatable bonds is 4. The summed E-state index contributed by atoms with van der Waals surface area (Å²) in [5.74, 6) is 1.48. The van der Waals surface area contributed by atoms with E-state index in [0.29, 0.717) is 5.92 Å². The largest absolute Gasteiger partial charge is 0.396 e. The SMILES string of the molecule is CC(C)c1cnc(CCCO)[nH]1. The first kappa shape index (κ1) is 9.26. The number of nitrogens with zero attached hydrogens (tertiary/aromatic N) is 1. The Kier molecular flexibility index (Phi) is 3.29. The van der Waals surface area contributed by atoms with E-state index in [1.807, 2.05) is 6.20 Å². The summed E-state index contributed by atoms with van der Waals surface area (Å²) >= 11 is 0. The Morgan fingerprint density at radius 2 is 2.33 bits per heavy atom. The molecule has 0 aliphatic rings. The van der Waals surface area contributed by atoms with Crippen LogP contribution in [0.25, 0.3) is 0 Å². The molecule has 0 atom stereocenters. The third-order valence-electron chi connectivity index (χ3n) is 1.84. The minimum Gasteiger partial charge on any atom is -0.396 e. The second-order valence-corrected chi connectivity index (χ2v) is 3.27. The van der Waals surface area contributed by atoms with E-state index in [2.05, 4.69) is 23.8 Å². The first-order valence-corrected chi connectivity index (χ1v) is 4.38. The monoisotopic (exact) mass is 168 g/mol. The molecule has 0 saturated carbocycles. The number of aromatic amines is 1. The van der Waals surface area contributed by atoms with Crippen molar-refractivity contribution in [3.63, 3.8) is 0 Å². The smallest absolute Gasteiger partial charge is 0.106 e. The minimum atomic E-state index is 0.234. The molecule has 0 aliphatic heterocycles. The summed E-state index contributed by atoms with van der Waals surface area (Å²) in [6.45, 7) is 4.49. The predicted molar refractivity (Wildman–Crippen MR) is 48.1 cm³/mol. The van der Waals surface area contributed by atoms with E-state index in [1.165, 1.54) is 5.69 Å². The van der Waals surface area contributed by atoms with Crippen molar-refractivity contribution in [3.8, 4) is 0 Å². The van der Waals surface area contributed by atoms with Gasteiger partial charge >= 0.3 is 0 Å². The molecule has 3 nitrogen and oxygen atoms in total. The molecule has 0 bridgehead atoms. The molecule has 68 valence electrons. The molecule has 0 amide bonds. The van der Waals surface area contributed by atoms with Crippen molar-refractivity contribution in [3.05, 3.63) is 17.7 Å². The molecule has 0 radical (unpaired) electrons. The van der Waals surface area contributed by atoms with Crippen molar-refractivity contribution < 1.29 is 5.11 Å². The number of hydrogen-bond donors (Lipinski definition) is 2. The second kappa shape index (κ2) is 4.26. The van der Waals surface area contributed by atoms with Gasteiger partial charge in [-0.05, 0) is 12.3 Å². The van der Waals surface area contributed by atoms with E-state index in [0.717, 1.165) is 18.7 Å². The van der Waals surface area contributed by atoms with Gasteiger partial charge in [0.05, 0.1) is 0 Å². The highest BCUT2D eigenvalue weighted by Crippen LogP contribution is 2.11. The third-order valence-corrected chi connectivity index (χ3v) is 1.84. The number of aliphatic hydroxyl groups is 1. The lowest BCUT2D eigenvalue weighted by Gasteiger charge is -1.98. The van der Waals surface area contributed by atoms with Crippen LogP contribution in [-0.2, 0) is 6.42 Å². The van der Waals surface area contributed by atoms with E-state index in [4.69, 9.17) is 5.11 Å². The first-order chi connectivity index (χ1) is 5.74. The average Bonchev–Trinajstić information content (AvgIpc) is 2.48. The maximum absolute atomic E-state index is 8.60. The van der Waals surface area contributed by atoms with Gasteiger partial charge in [0.1, 0.15) is 5.82 Å². The molecular weight excluding hydrogens is 152 g/mol. The van der Waals surface area contributed by atoms with E-state index in [9.17, 15) is 0 Å². The lowest BCUT2D eigenvalue weighted by molar-refractivity contribution is 0.287. The molecule has 1 rings (SSSR count). The summed E-state index contributed by atoms with van der Waals surface area (Å²) in [6, 6.07) is 0. The maximum atomic E-state index is 8.60. The van der Waals surface area contributed by atoms with Gasteiger partial charge < -0.3 is 10.1 Å². The van der Waals surface area contributed by atoms with Crippen LogP contribution in [0, 0.1) is 0 Å². The molecule has 1 aromatic rings. The van der Waals surface area contributed by atoms with Crippen LogP contribution in [0.4, 0.5) is 0 Å². The molecule has 0 spiro atoms. The zero-order chi connectivity index (χ0) is 8.97. The molecule has 1 heterocycles. The van der Waals surface area contributed by atoms with E-state index < -0.39 is 0 Å². The van der Waals surface area contributed by atoms with Crippen molar-refractivity contribution >= 4 is 0 Å². The normalized spacial score (nSPS) is 11.0. The Morgan fingerprint density at radius 3 is 2.83 bits per heavy atom. The van der Waals surface area contributed by atoms with Crippen LogP contribution in [0.15, 0.2) is 6.20 Å². The Morgan fingerprint density at radius 1 is 1.58 bits per heavy atom. The fourth-order valence-electron chi connectivity index (χ4n) is 1.05. The number of nitrogens with one attached hydrogen (secondary N) is 1. The van der Waals surface area contributed by atoms with Gasteiger partial charge in [0, 0.05) is 24.9 Å². The fraction of sp³-hybridized carbons (Fsp3) is 0.667. The fourth-order valence-corrected chi connectivity index (χ4v) is 1.05. The van der Waals surface area contributed by atoms with Crippen molar-refractivity contribution in [2.75, 3.05) is 6.61 Å². The van der Waals surface area contributed by atoms with Gasteiger partial charge in [-0.25, -0.2) is 4.98 Å². The van der Waals surface area contributed by atoms with Crippen molar-refractivity contribution in [2.24, 2.45) is 0 Å². The van der Waals surface area contributed by atoms with Crippen LogP contribution in [0.5, 0.6) is 0 Å². The molecule has 0 aliphatic carbocycles. The molecule has 0 fully saturated rings. The summed E-state index contributed by atoms with van der Waals surface area (Å²) in [7, 11) is 0. The number of aromatic nitrogens is 2. The van der Waals surface area contributed by atoms with Gasteiger partial charge in [0.2, 0.25) is 0 Å². The van der Waals surface area contributed by atoms with Crippen molar-refractivity contribution in [1.82, 2.24) is 9.97 Å². The summed E-state index contributed by atoms with van der Waals surface area (Å²) in [4.78, 5) is 7.43. The van der Waals surface area contributed by atoms with E-state index in [-0.39, 0.29) is 6.61 Å². The lowest BCUT2D eigenvalue weighted by Crippen LogP contribution is -1.92. The predicted octanol–water partition coefficient (Wildman–Crippen LogP) is 1.46. The van der Waals surface area contributed by atoms with E-state index in [1.54, 1.807) is 0 Å². The second-order valence-electron chi connectivity index (χ2n) is 3.27. The molecule has 0 aromatic carbocycles. The summed E-state index contributed by atoms with van der Waals surface area (Å²) < 4.78 is 0. The standard InChI is InChI=1S/C9H16N2O/c1-7(2)8-6-10-9(11-8)4-3-5-12/h6-7,12H,3-5H2,1-2H3,(H,10,11). The highest BCUT2D eigenvalue weighted by Gasteiger charge is 2.02. The van der Waals surface area contributed by atoms with Crippen LogP contribution in [0.1, 0.15) is 37.7 Å².